The molecule has 0 radical (unpaired) electrons. The number of nitrogens with one attached hydrogen (secondary N) is 2. The van der Waals surface area contributed by atoms with Crippen LogP contribution in [-0.2, 0) is 6.54 Å². The van der Waals surface area contributed by atoms with Crippen LogP contribution in [0.15, 0.2) is 28.8 Å². The lowest BCUT2D eigenvalue weighted by molar-refractivity contribution is 0.0951. The van der Waals surface area contributed by atoms with Crippen molar-refractivity contribution in [3.63, 3.8) is 0 Å². The fraction of sp³-hybridized carbons (Fsp3) is 0.286. The minimum atomic E-state index is -0.131. The van der Waals surface area contributed by atoms with Gasteiger partial charge in [-0.1, -0.05) is 16.8 Å². The van der Waals surface area contributed by atoms with Gasteiger partial charge in [0.1, 0.15) is 11.5 Å². The van der Waals surface area contributed by atoms with Crippen LogP contribution in [0.2, 0.25) is 0 Å². The summed E-state index contributed by atoms with van der Waals surface area (Å²) in [6.45, 7) is 4.13. The predicted octanol–water partition coefficient (Wildman–Crippen LogP) is 2.26. The fourth-order valence-corrected chi connectivity index (χ4v) is 1.83. The third-order valence-corrected chi connectivity index (χ3v) is 2.80. The van der Waals surface area contributed by atoms with Gasteiger partial charge in [0.25, 0.3) is 5.91 Å². The Hall–Kier alpha value is -2.30. The molecule has 2 rings (SSSR count). The normalized spacial score (nSPS) is 10.3. The van der Waals surface area contributed by atoms with Gasteiger partial charge >= 0.3 is 0 Å². The molecule has 1 aromatic heterocycles. The molecule has 2 N–H and O–H groups in total. The summed E-state index contributed by atoms with van der Waals surface area (Å²) in [5.41, 5.74) is 3.19. The maximum absolute atomic E-state index is 12.1. The van der Waals surface area contributed by atoms with Crippen LogP contribution in [0.5, 0.6) is 0 Å². The third-order valence-electron chi connectivity index (χ3n) is 2.80. The van der Waals surface area contributed by atoms with Gasteiger partial charge in [0.05, 0.1) is 12.1 Å². The number of nitrogens with zero attached hydrogens (tertiary/aromatic N) is 1. The molecule has 0 aliphatic heterocycles. The number of hydrogen-bond acceptors (Lipinski definition) is 4. The van der Waals surface area contributed by atoms with E-state index in [1.165, 1.54) is 0 Å². The van der Waals surface area contributed by atoms with Crippen LogP contribution in [-0.4, -0.2) is 18.1 Å². The number of amides is 1. The molecule has 19 heavy (non-hydrogen) atoms. The van der Waals surface area contributed by atoms with Crippen molar-refractivity contribution in [3.05, 3.63) is 46.8 Å². The molecule has 100 valence electrons. The van der Waals surface area contributed by atoms with E-state index in [1.807, 2.05) is 32.0 Å². The molecule has 2 aromatic rings. The summed E-state index contributed by atoms with van der Waals surface area (Å²) in [4.78, 5) is 12.1. The summed E-state index contributed by atoms with van der Waals surface area (Å²) in [6, 6.07) is 7.51. The van der Waals surface area contributed by atoms with Gasteiger partial charge in [0.15, 0.2) is 0 Å². The monoisotopic (exact) mass is 259 g/mol. The van der Waals surface area contributed by atoms with E-state index in [4.69, 9.17) is 4.52 Å². The van der Waals surface area contributed by atoms with E-state index < -0.39 is 0 Å². The van der Waals surface area contributed by atoms with Crippen molar-refractivity contribution in [3.8, 4) is 0 Å². The molecule has 0 aliphatic carbocycles. The van der Waals surface area contributed by atoms with Crippen molar-refractivity contribution in [2.45, 2.75) is 20.4 Å². The minimum Gasteiger partial charge on any atom is -0.387 e. The topological polar surface area (TPSA) is 67.2 Å². The molecule has 0 saturated heterocycles. The Kier molecular flexibility index (Phi) is 3.85. The third kappa shape index (κ3) is 3.13. The zero-order chi connectivity index (χ0) is 13.8. The highest BCUT2D eigenvalue weighted by molar-refractivity contribution is 5.99. The van der Waals surface area contributed by atoms with E-state index in [0.29, 0.717) is 17.8 Å². The first-order valence-corrected chi connectivity index (χ1v) is 6.09. The van der Waals surface area contributed by atoms with E-state index in [2.05, 4.69) is 15.8 Å². The second-order valence-corrected chi connectivity index (χ2v) is 4.41. The summed E-state index contributed by atoms with van der Waals surface area (Å²) < 4.78 is 4.95. The summed E-state index contributed by atoms with van der Waals surface area (Å²) in [7, 11) is 1.79. The van der Waals surface area contributed by atoms with Crippen LogP contribution >= 0.6 is 0 Å². The summed E-state index contributed by atoms with van der Waals surface area (Å²) in [5, 5.41) is 9.68. The Morgan fingerprint density at radius 2 is 2.11 bits per heavy atom. The van der Waals surface area contributed by atoms with Gasteiger partial charge in [0, 0.05) is 18.8 Å². The smallest absolute Gasteiger partial charge is 0.253 e. The number of anilines is 1. The molecule has 0 bridgehead atoms. The van der Waals surface area contributed by atoms with Gasteiger partial charge in [-0.15, -0.1) is 0 Å². The van der Waals surface area contributed by atoms with Crippen LogP contribution < -0.4 is 10.6 Å². The van der Waals surface area contributed by atoms with Crippen LogP contribution in [0.3, 0.4) is 0 Å². The zero-order valence-corrected chi connectivity index (χ0v) is 11.3. The van der Waals surface area contributed by atoms with Crippen molar-refractivity contribution in [2.75, 3.05) is 12.4 Å². The van der Waals surface area contributed by atoms with E-state index in [0.717, 1.165) is 17.0 Å². The van der Waals surface area contributed by atoms with Gasteiger partial charge in [-0.3, -0.25) is 4.79 Å². The predicted molar refractivity (Wildman–Crippen MR) is 73.1 cm³/mol. The molecule has 0 unspecified atom stereocenters. The first kappa shape index (κ1) is 13.1. The first-order chi connectivity index (χ1) is 9.10. The number of carbonyl (C=O) groups excluding carboxylic acids is 1. The SMILES string of the molecule is CNc1ccc(C)cc1C(=O)NCc1cc(C)on1. The maximum Gasteiger partial charge on any atom is 0.253 e. The van der Waals surface area contributed by atoms with Crippen molar-refractivity contribution in [1.82, 2.24) is 10.5 Å². The number of carbonyl (C=O) groups is 1. The Morgan fingerprint density at radius 1 is 1.32 bits per heavy atom. The lowest BCUT2D eigenvalue weighted by atomic mass is 10.1. The number of rotatable bonds is 4. The first-order valence-electron chi connectivity index (χ1n) is 6.09. The molecule has 0 fully saturated rings. The molecule has 5 nitrogen and oxygen atoms in total. The van der Waals surface area contributed by atoms with Gasteiger partial charge in [-0.2, -0.15) is 0 Å². The second kappa shape index (κ2) is 5.56. The van der Waals surface area contributed by atoms with Crippen LogP contribution in [0, 0.1) is 13.8 Å². The van der Waals surface area contributed by atoms with Gasteiger partial charge in [-0.05, 0) is 26.0 Å². The molecule has 0 saturated carbocycles. The minimum absolute atomic E-state index is 0.131. The molecule has 0 aliphatic rings. The van der Waals surface area contributed by atoms with Crippen molar-refractivity contribution in [1.29, 1.82) is 0 Å². The summed E-state index contributed by atoms with van der Waals surface area (Å²) in [5.74, 6) is 0.601. The number of hydrogen-bond donors (Lipinski definition) is 2. The largest absolute Gasteiger partial charge is 0.387 e. The van der Waals surface area contributed by atoms with Crippen molar-refractivity contribution < 1.29 is 9.32 Å². The lowest BCUT2D eigenvalue weighted by Crippen LogP contribution is -2.24. The van der Waals surface area contributed by atoms with Crippen LogP contribution in [0.1, 0.15) is 27.4 Å². The Bertz CT molecular complexity index is 590. The average molecular weight is 259 g/mol. The molecule has 1 amide bonds. The molecule has 1 aromatic carbocycles. The fourth-order valence-electron chi connectivity index (χ4n) is 1.83. The standard InChI is InChI=1S/C14H17N3O2/c1-9-4-5-13(15-3)12(6-9)14(18)16-8-11-7-10(2)19-17-11/h4-7,15H,8H2,1-3H3,(H,16,18). The highest BCUT2D eigenvalue weighted by Gasteiger charge is 2.11. The average Bonchev–Trinajstić information content (AvgIpc) is 2.81. The highest BCUT2D eigenvalue weighted by atomic mass is 16.5. The second-order valence-electron chi connectivity index (χ2n) is 4.41. The van der Waals surface area contributed by atoms with E-state index >= 15 is 0 Å². The number of benzene rings is 1. The zero-order valence-electron chi connectivity index (χ0n) is 11.3. The maximum atomic E-state index is 12.1. The van der Waals surface area contributed by atoms with E-state index in [9.17, 15) is 4.79 Å². The number of aromatic nitrogens is 1. The molecule has 0 atom stereocenters. The molecule has 5 heteroatoms. The molecule has 1 heterocycles. The Balaban J connectivity index is 2.09. The quantitative estimate of drug-likeness (QED) is 0.883. The van der Waals surface area contributed by atoms with Crippen molar-refractivity contribution >= 4 is 11.6 Å². The van der Waals surface area contributed by atoms with Gasteiger partial charge in [-0.25, -0.2) is 0 Å². The Morgan fingerprint density at radius 3 is 2.74 bits per heavy atom. The van der Waals surface area contributed by atoms with E-state index in [1.54, 1.807) is 13.1 Å². The van der Waals surface area contributed by atoms with Gasteiger partial charge < -0.3 is 15.2 Å². The van der Waals surface area contributed by atoms with Gasteiger partial charge in [0.2, 0.25) is 0 Å². The molecular formula is C14H17N3O2. The summed E-state index contributed by atoms with van der Waals surface area (Å²) in [6.07, 6.45) is 0. The lowest BCUT2D eigenvalue weighted by Gasteiger charge is -2.10. The molecule has 0 spiro atoms. The molecular weight excluding hydrogens is 242 g/mol. The highest BCUT2D eigenvalue weighted by Crippen LogP contribution is 2.16. The Labute approximate surface area is 112 Å². The van der Waals surface area contributed by atoms with Crippen LogP contribution in [0.4, 0.5) is 5.69 Å². The van der Waals surface area contributed by atoms with Crippen molar-refractivity contribution in [2.24, 2.45) is 0 Å². The van der Waals surface area contributed by atoms with Crippen LogP contribution in [0.25, 0.3) is 0 Å². The number of aryl methyl sites for hydroxylation is 2. The summed E-state index contributed by atoms with van der Waals surface area (Å²) >= 11 is 0. The van der Waals surface area contributed by atoms with E-state index in [-0.39, 0.29) is 5.91 Å².